The average Bonchev–Trinajstić information content (AvgIpc) is 3.88. The SMILES string of the molecule is C=CC(=O)Nc1cc(Nc2cc(N3OCC[C@@H]3Cc3cccc(F)c3Cl)ncn2)c(OC)cc1N1CCC(N2CCN(C3CC3)CC2)CC1. The fourth-order valence-electron chi connectivity index (χ4n) is 7.34. The highest BCUT2D eigenvalue weighted by molar-refractivity contribution is 6.31. The van der Waals surface area contributed by atoms with Gasteiger partial charge in [-0.2, -0.15) is 0 Å². The first-order valence-corrected chi connectivity index (χ1v) is 17.6. The molecule has 3 aliphatic heterocycles. The first kappa shape index (κ1) is 33.5. The Balaban J connectivity index is 1.07. The Morgan fingerprint density at radius 1 is 1.02 bits per heavy atom. The maximum Gasteiger partial charge on any atom is 0.247 e. The van der Waals surface area contributed by atoms with Gasteiger partial charge in [0.05, 0.1) is 41.8 Å². The van der Waals surface area contributed by atoms with Gasteiger partial charge in [0, 0.05) is 63.5 Å². The van der Waals surface area contributed by atoms with Gasteiger partial charge >= 0.3 is 0 Å². The minimum Gasteiger partial charge on any atom is -0.494 e. The molecule has 2 aromatic carbocycles. The summed E-state index contributed by atoms with van der Waals surface area (Å²) in [5.41, 5.74) is 2.91. The molecule has 2 N–H and O–H groups in total. The van der Waals surface area contributed by atoms with Crippen LogP contribution in [-0.4, -0.2) is 96.8 Å². The number of methoxy groups -OCH3 is 1. The molecule has 4 fully saturated rings. The number of hydrogen-bond donors (Lipinski definition) is 2. The van der Waals surface area contributed by atoms with Gasteiger partial charge in [-0.25, -0.2) is 19.4 Å². The number of hydrogen-bond acceptors (Lipinski definition) is 10. The highest BCUT2D eigenvalue weighted by atomic mass is 35.5. The van der Waals surface area contributed by atoms with Crippen molar-refractivity contribution in [2.75, 3.05) is 73.6 Å². The van der Waals surface area contributed by atoms with Gasteiger partial charge in [0.1, 0.15) is 23.7 Å². The van der Waals surface area contributed by atoms with Crippen LogP contribution in [0.2, 0.25) is 5.02 Å². The first-order chi connectivity index (χ1) is 23.9. The minimum absolute atomic E-state index is 0.0897. The number of anilines is 5. The van der Waals surface area contributed by atoms with Gasteiger partial charge in [0.25, 0.3) is 0 Å². The van der Waals surface area contributed by atoms with Crippen LogP contribution in [0.5, 0.6) is 5.75 Å². The van der Waals surface area contributed by atoms with Crippen LogP contribution in [0.1, 0.15) is 37.7 Å². The molecule has 1 saturated carbocycles. The number of ether oxygens (including phenoxy) is 1. The minimum atomic E-state index is -0.441. The number of nitrogens with one attached hydrogen (secondary N) is 2. The monoisotopic (exact) mass is 690 g/mol. The molecule has 1 aromatic heterocycles. The van der Waals surface area contributed by atoms with Crippen LogP contribution < -0.4 is 25.3 Å². The van der Waals surface area contributed by atoms with Crippen molar-refractivity contribution in [1.82, 2.24) is 19.8 Å². The molecule has 3 aromatic rings. The number of halogens is 2. The lowest BCUT2D eigenvalue weighted by Crippen LogP contribution is -2.53. The molecule has 260 valence electrons. The van der Waals surface area contributed by atoms with E-state index in [1.54, 1.807) is 24.3 Å². The second kappa shape index (κ2) is 14.9. The van der Waals surface area contributed by atoms with Crippen LogP contribution in [0.3, 0.4) is 0 Å². The van der Waals surface area contributed by atoms with E-state index < -0.39 is 5.82 Å². The van der Waals surface area contributed by atoms with Gasteiger partial charge in [-0.3, -0.25) is 19.4 Å². The molecule has 49 heavy (non-hydrogen) atoms. The number of rotatable bonds is 11. The van der Waals surface area contributed by atoms with Crippen LogP contribution in [0.4, 0.5) is 33.1 Å². The van der Waals surface area contributed by atoms with E-state index >= 15 is 0 Å². The quantitative estimate of drug-likeness (QED) is 0.246. The second-order valence-corrected chi connectivity index (χ2v) is 13.6. The lowest BCUT2D eigenvalue weighted by Gasteiger charge is -2.43. The van der Waals surface area contributed by atoms with E-state index in [0.717, 1.165) is 57.2 Å². The summed E-state index contributed by atoms with van der Waals surface area (Å²) in [4.78, 5) is 35.1. The van der Waals surface area contributed by atoms with Crippen LogP contribution in [0, 0.1) is 5.82 Å². The van der Waals surface area contributed by atoms with Crippen LogP contribution in [-0.2, 0) is 16.1 Å². The molecule has 1 atom stereocenters. The zero-order valence-corrected chi connectivity index (χ0v) is 28.7. The first-order valence-electron chi connectivity index (χ1n) is 17.2. The predicted molar refractivity (Wildman–Crippen MR) is 190 cm³/mol. The molecule has 4 aliphatic rings. The Kier molecular flexibility index (Phi) is 10.2. The van der Waals surface area contributed by atoms with Gasteiger partial charge in [0.15, 0.2) is 5.82 Å². The van der Waals surface area contributed by atoms with Crippen molar-refractivity contribution in [2.24, 2.45) is 0 Å². The van der Waals surface area contributed by atoms with Crippen molar-refractivity contribution < 1.29 is 18.8 Å². The third-order valence-corrected chi connectivity index (χ3v) is 10.6. The molecule has 0 spiro atoms. The third kappa shape index (κ3) is 7.62. The highest BCUT2D eigenvalue weighted by Gasteiger charge is 2.34. The van der Waals surface area contributed by atoms with Crippen molar-refractivity contribution in [3.8, 4) is 5.75 Å². The molecule has 0 unspecified atom stereocenters. The maximum atomic E-state index is 14.1. The van der Waals surface area contributed by atoms with Gasteiger partial charge in [-0.15, -0.1) is 0 Å². The van der Waals surface area contributed by atoms with Crippen LogP contribution in [0.25, 0.3) is 0 Å². The van der Waals surface area contributed by atoms with Crippen LogP contribution >= 0.6 is 11.6 Å². The number of hydroxylamine groups is 1. The van der Waals surface area contributed by atoms with Gasteiger partial charge in [-0.1, -0.05) is 30.3 Å². The van der Waals surface area contributed by atoms with Gasteiger partial charge in [-0.05, 0) is 62.3 Å². The van der Waals surface area contributed by atoms with E-state index in [0.29, 0.717) is 53.4 Å². The van der Waals surface area contributed by atoms with Gasteiger partial charge < -0.3 is 20.3 Å². The Labute approximate surface area is 292 Å². The number of piperidine rings is 1. The number of aromatic nitrogens is 2. The summed E-state index contributed by atoms with van der Waals surface area (Å²) in [5.74, 6) is 0.948. The van der Waals surface area contributed by atoms with Crippen molar-refractivity contribution in [3.63, 3.8) is 0 Å². The van der Waals surface area contributed by atoms with E-state index in [1.807, 2.05) is 18.2 Å². The zero-order chi connectivity index (χ0) is 33.9. The number of carbonyl (C=O) groups excluding carboxylic acids is 1. The molecule has 0 radical (unpaired) electrons. The Morgan fingerprint density at radius 2 is 1.76 bits per heavy atom. The van der Waals surface area contributed by atoms with Gasteiger partial charge in [0.2, 0.25) is 5.91 Å². The summed E-state index contributed by atoms with van der Waals surface area (Å²) in [6, 6.07) is 11.8. The molecule has 11 nitrogen and oxygen atoms in total. The number of amides is 1. The highest BCUT2D eigenvalue weighted by Crippen LogP contribution is 2.40. The second-order valence-electron chi connectivity index (χ2n) is 13.2. The number of carbonyl (C=O) groups is 1. The summed E-state index contributed by atoms with van der Waals surface area (Å²) >= 11 is 6.26. The normalized spacial score (nSPS) is 20.8. The molecule has 0 bridgehead atoms. The van der Waals surface area contributed by atoms with E-state index in [-0.39, 0.29) is 17.0 Å². The van der Waals surface area contributed by atoms with E-state index in [9.17, 15) is 9.18 Å². The molecular weight excluding hydrogens is 647 g/mol. The standard InChI is InChI=1S/C36H44ClFN8O3/c1-3-35(47)42-29-20-30(32(48-2)21-31(29)45-12-9-26(10-13-45)44-16-14-43(15-17-44)25-7-8-25)41-33-22-34(40-23-39-33)46-27(11-18-49-46)19-24-5-4-6-28(38)36(24)37/h3-6,20-23,25-27H,1,7-19H2,2H3,(H,42,47)(H,39,40,41)/t27-/m1/s1. The summed E-state index contributed by atoms with van der Waals surface area (Å²) in [6.07, 6.45) is 8.83. The molecule has 3 saturated heterocycles. The number of benzene rings is 2. The lowest BCUT2D eigenvalue weighted by atomic mass is 10.0. The lowest BCUT2D eigenvalue weighted by molar-refractivity contribution is -0.111. The maximum absolute atomic E-state index is 14.1. The Morgan fingerprint density at radius 3 is 2.45 bits per heavy atom. The summed E-state index contributed by atoms with van der Waals surface area (Å²) < 4.78 is 20.0. The van der Waals surface area contributed by atoms with Crippen molar-refractivity contribution >= 4 is 46.2 Å². The Bertz CT molecular complexity index is 1660. The van der Waals surface area contributed by atoms with Crippen molar-refractivity contribution in [2.45, 2.75) is 56.7 Å². The van der Waals surface area contributed by atoms with E-state index in [1.165, 1.54) is 44.4 Å². The van der Waals surface area contributed by atoms with Crippen LogP contribution in [0.15, 0.2) is 55.4 Å². The molecule has 1 amide bonds. The topological polar surface area (TPSA) is 98.3 Å². The molecular formula is C36H44ClFN8O3. The van der Waals surface area contributed by atoms with Crippen molar-refractivity contribution in [1.29, 1.82) is 0 Å². The fraction of sp³-hybridized carbons (Fsp3) is 0.472. The number of nitrogens with zero attached hydrogens (tertiary/aromatic N) is 6. The largest absolute Gasteiger partial charge is 0.494 e. The third-order valence-electron chi connectivity index (χ3n) is 10.1. The Hall–Kier alpha value is -3.97. The molecule has 4 heterocycles. The summed E-state index contributed by atoms with van der Waals surface area (Å²) in [6.45, 7) is 10.6. The predicted octanol–water partition coefficient (Wildman–Crippen LogP) is 5.65. The molecule has 7 rings (SSSR count). The van der Waals surface area contributed by atoms with E-state index in [4.69, 9.17) is 21.2 Å². The molecule has 13 heteroatoms. The van der Waals surface area contributed by atoms with E-state index in [2.05, 4.69) is 41.9 Å². The van der Waals surface area contributed by atoms with Crippen molar-refractivity contribution in [3.05, 3.63) is 71.8 Å². The fourth-order valence-corrected chi connectivity index (χ4v) is 7.55. The zero-order valence-electron chi connectivity index (χ0n) is 27.9. The molecule has 1 aliphatic carbocycles. The summed E-state index contributed by atoms with van der Waals surface area (Å²) in [7, 11) is 1.63. The summed E-state index contributed by atoms with van der Waals surface area (Å²) in [5, 5.41) is 8.24. The average molecular weight is 691 g/mol. The smallest absolute Gasteiger partial charge is 0.247 e. The number of piperazine rings is 1.